The molecule has 400 valence electrons. The SMILES string of the molecule is COC(=O)C(F)(F)S(=O)(=O)F.C[C@@H]1CC[C@@H](Oc2nccn3c(Br)cnc23)CN1C(=O)c1ccccc1-n1nccn1.C[C@@H]1CC[C@@H](Oc2nccn3c(C(F)(F)F)cnc23)CN1C(=O)c1ccccc1-n1nccn1. The van der Waals surface area contributed by atoms with E-state index in [-0.39, 0.29) is 48.1 Å². The lowest BCUT2D eigenvalue weighted by atomic mass is 9.99. The van der Waals surface area contributed by atoms with Gasteiger partial charge in [0.05, 0.1) is 79.9 Å². The number of rotatable bonds is 10. The first-order chi connectivity index (χ1) is 36.2. The molecule has 2 amide bonds. The summed E-state index contributed by atoms with van der Waals surface area (Å²) in [6, 6.07) is 14.4. The van der Waals surface area contributed by atoms with Crippen molar-refractivity contribution in [3.05, 3.63) is 132 Å². The van der Waals surface area contributed by atoms with Crippen LogP contribution in [-0.4, -0.2) is 144 Å². The number of imidazole rings is 2. The molecule has 2 aromatic carbocycles. The maximum absolute atomic E-state index is 13.5. The maximum Gasteiger partial charge on any atom is 0.470 e. The van der Waals surface area contributed by atoms with Gasteiger partial charge in [-0.15, -0.1) is 0 Å². The van der Waals surface area contributed by atoms with Gasteiger partial charge in [-0.1, -0.05) is 28.2 Å². The van der Waals surface area contributed by atoms with Crippen LogP contribution in [-0.2, 0) is 25.9 Å². The lowest BCUT2D eigenvalue weighted by Crippen LogP contribution is -2.49. The van der Waals surface area contributed by atoms with E-state index in [9.17, 15) is 48.6 Å². The zero-order chi connectivity index (χ0) is 54.5. The van der Waals surface area contributed by atoms with Gasteiger partial charge < -0.3 is 24.0 Å². The van der Waals surface area contributed by atoms with E-state index in [4.69, 9.17) is 9.47 Å². The summed E-state index contributed by atoms with van der Waals surface area (Å²) in [4.78, 5) is 60.0. The predicted molar refractivity (Wildman–Crippen MR) is 257 cm³/mol. The van der Waals surface area contributed by atoms with Crippen molar-refractivity contribution in [2.75, 3.05) is 20.2 Å². The standard InChI is InChI=1S/C22H20F3N7O2.C21H20BrN7O2.C3H3F3O4S/c1-14-6-7-15(34-20-19-27-12-18(22(23,24)25)30(19)11-10-26-20)13-31(14)21(33)16-4-2-3-5-17(16)32-28-8-9-29-32;1-14-6-7-15(31-20-19-24-12-18(22)27(19)11-10-23-20)13-28(14)21(30)16-4-2-3-5-17(16)29-25-8-9-26-29;1-10-2(7)3(4,5)11(6,8)9/h2-5,8-12,14-15H,6-7,13H2,1H3;2-5,8-12,14-15H,6-7,13H2,1H3;1H3/t2*14-,15-;/m11./s1. The molecule has 0 saturated carbocycles. The minimum atomic E-state index is -6.22. The predicted octanol–water partition coefficient (Wildman–Crippen LogP) is 6.60. The quantitative estimate of drug-likeness (QED) is 0.0796. The number of aromatic nitrogens is 12. The molecule has 10 rings (SSSR count). The monoisotopic (exact) mass is 1140 g/mol. The number of piperidine rings is 2. The Morgan fingerprint density at radius 1 is 0.632 bits per heavy atom. The fourth-order valence-corrected chi connectivity index (χ4v) is 8.90. The van der Waals surface area contributed by atoms with Gasteiger partial charge in [0.2, 0.25) is 11.3 Å². The normalized spacial score (nSPS) is 18.0. The summed E-state index contributed by atoms with van der Waals surface area (Å²) in [5, 5.41) is 11.5. The Labute approximate surface area is 435 Å². The average molecular weight is 1150 g/mol. The molecule has 30 heteroatoms. The number of carbonyl (C=O) groups excluding carboxylic acids is 3. The van der Waals surface area contributed by atoms with Crippen LogP contribution in [0.15, 0.2) is 115 Å². The molecule has 2 fully saturated rings. The van der Waals surface area contributed by atoms with Crippen molar-refractivity contribution in [1.82, 2.24) is 68.5 Å². The van der Waals surface area contributed by atoms with E-state index in [1.807, 2.05) is 46.7 Å². The van der Waals surface area contributed by atoms with Gasteiger partial charge in [0.1, 0.15) is 22.5 Å². The fourth-order valence-electron chi connectivity index (χ4n) is 8.22. The highest BCUT2D eigenvalue weighted by Gasteiger charge is 2.55. The summed E-state index contributed by atoms with van der Waals surface area (Å²) in [6.07, 6.45) is 12.4. The molecule has 8 aromatic rings. The Morgan fingerprint density at radius 3 is 1.50 bits per heavy atom. The van der Waals surface area contributed by atoms with Crippen LogP contribution in [0.5, 0.6) is 11.8 Å². The van der Waals surface area contributed by atoms with E-state index in [0.29, 0.717) is 60.5 Å². The van der Waals surface area contributed by atoms with Crippen molar-refractivity contribution >= 4 is 55.2 Å². The second-order valence-electron chi connectivity index (χ2n) is 16.9. The van der Waals surface area contributed by atoms with E-state index in [0.717, 1.165) is 28.0 Å². The summed E-state index contributed by atoms with van der Waals surface area (Å²) < 4.78 is 113. The Balaban J connectivity index is 0.000000169. The molecule has 76 heavy (non-hydrogen) atoms. The van der Waals surface area contributed by atoms with Gasteiger partial charge in [-0.25, -0.2) is 24.7 Å². The molecular formula is C46H43BrF6N14O8S. The Bertz CT molecular complexity index is 3460. The first-order valence-electron chi connectivity index (χ1n) is 22.8. The smallest absolute Gasteiger partial charge is 0.470 e. The molecule has 0 N–H and O–H groups in total. The number of fused-ring (bicyclic) bond motifs is 2. The van der Waals surface area contributed by atoms with Crippen molar-refractivity contribution in [2.45, 2.75) is 75.3 Å². The lowest BCUT2D eigenvalue weighted by molar-refractivity contribution is -0.157. The molecule has 0 unspecified atom stereocenters. The molecule has 2 aliphatic rings. The van der Waals surface area contributed by atoms with Crippen LogP contribution < -0.4 is 9.47 Å². The molecule has 6 aromatic heterocycles. The Morgan fingerprint density at radius 2 is 1.07 bits per heavy atom. The number of alkyl halides is 5. The number of benzene rings is 2. The summed E-state index contributed by atoms with van der Waals surface area (Å²) in [7, 11) is -5.71. The molecule has 0 aliphatic carbocycles. The second-order valence-corrected chi connectivity index (χ2v) is 19.1. The molecule has 22 nitrogen and oxygen atoms in total. The second kappa shape index (κ2) is 22.4. The van der Waals surface area contributed by atoms with E-state index in [1.54, 1.807) is 54.0 Å². The summed E-state index contributed by atoms with van der Waals surface area (Å²) >= 11 is 3.46. The molecule has 0 radical (unpaired) electrons. The van der Waals surface area contributed by atoms with Crippen molar-refractivity contribution in [3.63, 3.8) is 0 Å². The van der Waals surface area contributed by atoms with Gasteiger partial charge in [-0.2, -0.15) is 60.4 Å². The number of hydrogen-bond acceptors (Lipinski definition) is 16. The first kappa shape index (κ1) is 54.2. The zero-order valence-electron chi connectivity index (χ0n) is 40.0. The van der Waals surface area contributed by atoms with Crippen LogP contribution in [0, 0.1) is 0 Å². The minimum Gasteiger partial charge on any atom is -0.470 e. The molecule has 4 atom stereocenters. The molecule has 0 spiro atoms. The molecular weight excluding hydrogens is 1100 g/mol. The van der Waals surface area contributed by atoms with E-state index >= 15 is 0 Å². The van der Waals surface area contributed by atoms with Gasteiger partial charge in [-0.3, -0.25) is 18.4 Å². The first-order valence-corrected chi connectivity index (χ1v) is 25.0. The van der Waals surface area contributed by atoms with E-state index in [2.05, 4.69) is 67.9 Å². The fraction of sp³-hybridized carbons (Fsp3) is 0.326. The van der Waals surface area contributed by atoms with Crippen molar-refractivity contribution in [3.8, 4) is 23.1 Å². The number of carbonyl (C=O) groups is 3. The van der Waals surface area contributed by atoms with Crippen LogP contribution >= 0.6 is 15.9 Å². The number of hydrogen-bond donors (Lipinski definition) is 0. The van der Waals surface area contributed by atoms with Gasteiger partial charge in [-0.05, 0) is 79.7 Å². The van der Waals surface area contributed by atoms with Gasteiger partial charge in [0, 0.05) is 36.9 Å². The maximum atomic E-state index is 13.5. The van der Waals surface area contributed by atoms with E-state index in [1.165, 1.54) is 34.4 Å². The van der Waals surface area contributed by atoms with Crippen molar-refractivity contribution < 1.29 is 62.8 Å². The Kier molecular flexibility index (Phi) is 16.0. The number of esters is 1. The summed E-state index contributed by atoms with van der Waals surface area (Å²) in [5.41, 5.74) is 1.91. The van der Waals surface area contributed by atoms with Crippen molar-refractivity contribution in [1.29, 1.82) is 0 Å². The number of likely N-dealkylation sites (tertiary alicyclic amines) is 2. The largest absolute Gasteiger partial charge is 0.470 e. The minimum absolute atomic E-state index is 0.00825. The lowest BCUT2D eigenvalue weighted by Gasteiger charge is -2.38. The third-order valence-corrected chi connectivity index (χ3v) is 13.4. The number of nitrogens with zero attached hydrogens (tertiary/aromatic N) is 14. The van der Waals surface area contributed by atoms with Crippen LogP contribution in [0.1, 0.15) is 65.9 Å². The molecule has 0 bridgehead atoms. The van der Waals surface area contributed by atoms with Crippen LogP contribution in [0.3, 0.4) is 0 Å². The topological polar surface area (TPSA) is 241 Å². The molecule has 2 aliphatic heterocycles. The number of ether oxygens (including phenoxy) is 3. The van der Waals surface area contributed by atoms with Crippen LogP contribution in [0.25, 0.3) is 22.7 Å². The highest BCUT2D eigenvalue weighted by Crippen LogP contribution is 2.33. The van der Waals surface area contributed by atoms with Crippen molar-refractivity contribution in [2.24, 2.45) is 0 Å². The van der Waals surface area contributed by atoms with Crippen LogP contribution in [0.4, 0.5) is 25.8 Å². The molecule has 8 heterocycles. The van der Waals surface area contributed by atoms with Gasteiger partial charge in [0.15, 0.2) is 0 Å². The third-order valence-electron chi connectivity index (χ3n) is 12.1. The number of amides is 2. The summed E-state index contributed by atoms with van der Waals surface area (Å²) in [6.45, 7) is 4.72. The highest BCUT2D eigenvalue weighted by molar-refractivity contribution is 9.10. The average Bonchev–Trinajstić information content (AvgIpc) is 4.26. The molecule has 2 saturated heterocycles. The summed E-state index contributed by atoms with van der Waals surface area (Å²) in [5.74, 6) is -2.27. The van der Waals surface area contributed by atoms with E-state index < -0.39 is 39.4 Å². The zero-order valence-corrected chi connectivity index (χ0v) is 42.4. The number of methoxy groups -OCH3 is 1. The third kappa shape index (κ3) is 11.6. The number of para-hydroxylation sites is 2. The van der Waals surface area contributed by atoms with Gasteiger partial charge >= 0.3 is 27.6 Å². The van der Waals surface area contributed by atoms with Gasteiger partial charge in [0.25, 0.3) is 23.6 Å². The van der Waals surface area contributed by atoms with Crippen LogP contribution in [0.2, 0.25) is 0 Å². The Hall–Kier alpha value is -8.02. The highest BCUT2D eigenvalue weighted by atomic mass is 79.9. The number of halogens is 7.